The van der Waals surface area contributed by atoms with Crippen LogP contribution >= 0.6 is 11.6 Å². The molecule has 0 fully saturated rings. The number of carbonyl (C=O) groups is 1. The SMILES string of the molecule is NC(=O)COc1ccc(-c2noc(-c3ccc(Cl)cc3)n2)cc1. The van der Waals surface area contributed by atoms with Crippen LogP contribution in [0.1, 0.15) is 0 Å². The lowest BCUT2D eigenvalue weighted by Crippen LogP contribution is -2.19. The summed E-state index contributed by atoms with van der Waals surface area (Å²) in [6, 6.07) is 14.1. The van der Waals surface area contributed by atoms with Gasteiger partial charge in [-0.15, -0.1) is 0 Å². The van der Waals surface area contributed by atoms with Crippen LogP contribution in [0.2, 0.25) is 5.02 Å². The first-order valence-corrected chi connectivity index (χ1v) is 7.11. The first-order valence-electron chi connectivity index (χ1n) is 6.73. The monoisotopic (exact) mass is 329 g/mol. The molecule has 0 aliphatic heterocycles. The van der Waals surface area contributed by atoms with Gasteiger partial charge in [0.1, 0.15) is 5.75 Å². The highest BCUT2D eigenvalue weighted by Crippen LogP contribution is 2.24. The highest BCUT2D eigenvalue weighted by molar-refractivity contribution is 6.30. The predicted molar refractivity (Wildman–Crippen MR) is 84.9 cm³/mol. The van der Waals surface area contributed by atoms with E-state index in [4.69, 9.17) is 26.6 Å². The largest absolute Gasteiger partial charge is 0.484 e. The van der Waals surface area contributed by atoms with Gasteiger partial charge in [-0.3, -0.25) is 4.79 Å². The van der Waals surface area contributed by atoms with Crippen molar-refractivity contribution in [2.45, 2.75) is 0 Å². The maximum Gasteiger partial charge on any atom is 0.258 e. The number of benzene rings is 2. The molecule has 0 saturated carbocycles. The number of halogens is 1. The van der Waals surface area contributed by atoms with Gasteiger partial charge in [0, 0.05) is 16.1 Å². The average molecular weight is 330 g/mol. The van der Waals surface area contributed by atoms with E-state index in [0.717, 1.165) is 11.1 Å². The van der Waals surface area contributed by atoms with E-state index in [0.29, 0.717) is 22.5 Å². The van der Waals surface area contributed by atoms with Crippen LogP contribution in [0.15, 0.2) is 53.1 Å². The van der Waals surface area contributed by atoms with Crippen LogP contribution in [0.4, 0.5) is 0 Å². The molecule has 3 aromatic rings. The number of carbonyl (C=O) groups excluding carboxylic acids is 1. The van der Waals surface area contributed by atoms with Crippen LogP contribution in [0.25, 0.3) is 22.8 Å². The first kappa shape index (κ1) is 15.1. The lowest BCUT2D eigenvalue weighted by Gasteiger charge is -2.03. The van der Waals surface area contributed by atoms with Gasteiger partial charge in [-0.1, -0.05) is 16.8 Å². The predicted octanol–water partition coefficient (Wildman–Crippen LogP) is 2.92. The number of primary amides is 1. The molecule has 0 aliphatic rings. The molecule has 2 N–H and O–H groups in total. The van der Waals surface area contributed by atoms with Crippen molar-refractivity contribution in [2.75, 3.05) is 6.61 Å². The van der Waals surface area contributed by atoms with Crippen molar-refractivity contribution in [2.24, 2.45) is 5.73 Å². The molecule has 2 aromatic carbocycles. The Kier molecular flexibility index (Phi) is 4.25. The number of nitrogens with zero attached hydrogens (tertiary/aromatic N) is 2. The Bertz CT molecular complexity index is 813. The van der Waals surface area contributed by atoms with Crippen LogP contribution in [0, 0.1) is 0 Å². The van der Waals surface area contributed by atoms with E-state index in [9.17, 15) is 4.79 Å². The summed E-state index contributed by atoms with van der Waals surface area (Å²) >= 11 is 5.85. The third kappa shape index (κ3) is 3.67. The maximum absolute atomic E-state index is 10.7. The molecule has 0 saturated heterocycles. The number of amides is 1. The minimum atomic E-state index is -0.528. The molecule has 7 heteroatoms. The second-order valence-electron chi connectivity index (χ2n) is 4.71. The lowest BCUT2D eigenvalue weighted by molar-refractivity contribution is -0.119. The molecule has 0 atom stereocenters. The van der Waals surface area contributed by atoms with Gasteiger partial charge < -0.3 is 15.0 Å². The molecule has 3 rings (SSSR count). The zero-order chi connectivity index (χ0) is 16.2. The number of nitrogens with two attached hydrogens (primary N) is 1. The molecule has 0 bridgehead atoms. The zero-order valence-corrected chi connectivity index (χ0v) is 12.7. The van der Waals surface area contributed by atoms with Gasteiger partial charge in [0.05, 0.1) is 0 Å². The van der Waals surface area contributed by atoms with Crippen molar-refractivity contribution in [3.63, 3.8) is 0 Å². The zero-order valence-electron chi connectivity index (χ0n) is 11.9. The van der Waals surface area contributed by atoms with Crippen molar-refractivity contribution >= 4 is 17.5 Å². The van der Waals surface area contributed by atoms with Gasteiger partial charge in [-0.05, 0) is 48.5 Å². The smallest absolute Gasteiger partial charge is 0.258 e. The second-order valence-corrected chi connectivity index (χ2v) is 5.15. The second kappa shape index (κ2) is 6.50. The summed E-state index contributed by atoms with van der Waals surface area (Å²) in [5.41, 5.74) is 6.57. The van der Waals surface area contributed by atoms with E-state index in [2.05, 4.69) is 10.1 Å². The summed E-state index contributed by atoms with van der Waals surface area (Å²) in [5.74, 6) is 0.871. The topological polar surface area (TPSA) is 91.2 Å². The Hall–Kier alpha value is -2.86. The van der Waals surface area contributed by atoms with Gasteiger partial charge in [0.25, 0.3) is 11.8 Å². The normalized spacial score (nSPS) is 10.5. The van der Waals surface area contributed by atoms with Gasteiger partial charge in [0.2, 0.25) is 5.82 Å². The molecule has 1 heterocycles. The summed E-state index contributed by atoms with van der Waals surface area (Å²) in [6.45, 7) is -0.164. The maximum atomic E-state index is 10.7. The third-order valence-corrected chi connectivity index (χ3v) is 3.26. The fourth-order valence-corrected chi connectivity index (χ4v) is 2.03. The van der Waals surface area contributed by atoms with E-state index in [1.807, 2.05) is 0 Å². The summed E-state index contributed by atoms with van der Waals surface area (Å²) < 4.78 is 10.5. The number of hydrogen-bond acceptors (Lipinski definition) is 5. The standard InChI is InChI=1S/C16H12ClN3O3/c17-12-5-1-11(2-6-12)16-19-15(20-23-16)10-3-7-13(8-4-10)22-9-14(18)21/h1-8H,9H2,(H2,18,21). The quantitative estimate of drug-likeness (QED) is 0.777. The van der Waals surface area contributed by atoms with Gasteiger partial charge in [-0.2, -0.15) is 4.98 Å². The van der Waals surface area contributed by atoms with E-state index in [1.54, 1.807) is 48.5 Å². The molecular weight excluding hydrogens is 318 g/mol. The molecule has 116 valence electrons. The Labute approximate surface area is 136 Å². The summed E-state index contributed by atoms with van der Waals surface area (Å²) in [4.78, 5) is 15.0. The van der Waals surface area contributed by atoms with Gasteiger partial charge in [-0.25, -0.2) is 0 Å². The summed E-state index contributed by atoms with van der Waals surface area (Å²) in [6.07, 6.45) is 0. The first-order chi connectivity index (χ1) is 11.1. The lowest BCUT2D eigenvalue weighted by atomic mass is 10.2. The van der Waals surface area contributed by atoms with E-state index in [-0.39, 0.29) is 6.61 Å². The van der Waals surface area contributed by atoms with E-state index >= 15 is 0 Å². The van der Waals surface area contributed by atoms with Crippen molar-refractivity contribution in [1.29, 1.82) is 0 Å². The Morgan fingerprint density at radius 2 is 1.74 bits per heavy atom. The van der Waals surface area contributed by atoms with Crippen molar-refractivity contribution in [1.82, 2.24) is 10.1 Å². The Balaban J connectivity index is 1.77. The summed E-state index contributed by atoms with van der Waals surface area (Å²) in [5, 5.41) is 4.59. The molecule has 1 aromatic heterocycles. The molecule has 1 amide bonds. The van der Waals surface area contributed by atoms with Crippen molar-refractivity contribution < 1.29 is 14.1 Å². The number of aromatic nitrogens is 2. The molecule has 23 heavy (non-hydrogen) atoms. The van der Waals surface area contributed by atoms with Crippen LogP contribution in [-0.4, -0.2) is 22.7 Å². The van der Waals surface area contributed by atoms with Gasteiger partial charge in [0.15, 0.2) is 6.61 Å². The molecular formula is C16H12ClN3O3. The van der Waals surface area contributed by atoms with Crippen LogP contribution in [0.5, 0.6) is 5.75 Å². The van der Waals surface area contributed by atoms with E-state index < -0.39 is 5.91 Å². The number of hydrogen-bond donors (Lipinski definition) is 1. The Morgan fingerprint density at radius 3 is 2.39 bits per heavy atom. The molecule has 0 aliphatic carbocycles. The van der Waals surface area contributed by atoms with Crippen LogP contribution < -0.4 is 10.5 Å². The molecule has 0 unspecified atom stereocenters. The molecule has 6 nitrogen and oxygen atoms in total. The van der Waals surface area contributed by atoms with Crippen LogP contribution in [-0.2, 0) is 4.79 Å². The third-order valence-electron chi connectivity index (χ3n) is 3.01. The van der Waals surface area contributed by atoms with Gasteiger partial charge >= 0.3 is 0 Å². The van der Waals surface area contributed by atoms with Crippen molar-refractivity contribution in [3.8, 4) is 28.6 Å². The Morgan fingerprint density at radius 1 is 1.09 bits per heavy atom. The van der Waals surface area contributed by atoms with E-state index in [1.165, 1.54) is 0 Å². The van der Waals surface area contributed by atoms with Crippen molar-refractivity contribution in [3.05, 3.63) is 53.6 Å². The molecule has 0 radical (unpaired) electrons. The number of ether oxygens (including phenoxy) is 1. The highest BCUT2D eigenvalue weighted by Gasteiger charge is 2.10. The fourth-order valence-electron chi connectivity index (χ4n) is 1.91. The minimum absolute atomic E-state index is 0.164. The minimum Gasteiger partial charge on any atom is -0.484 e. The molecule has 0 spiro atoms. The van der Waals surface area contributed by atoms with Crippen LogP contribution in [0.3, 0.4) is 0 Å². The summed E-state index contributed by atoms with van der Waals surface area (Å²) in [7, 11) is 0. The fraction of sp³-hybridized carbons (Fsp3) is 0.0625. The average Bonchev–Trinajstić information content (AvgIpc) is 3.04. The highest BCUT2D eigenvalue weighted by atomic mass is 35.5. The number of rotatable bonds is 5.